The Kier molecular flexibility index (Phi) is 8.45. The molecule has 2 rings (SSSR count). The first-order valence-corrected chi connectivity index (χ1v) is 11.3. The van der Waals surface area contributed by atoms with E-state index in [9.17, 15) is 18.0 Å². The van der Waals surface area contributed by atoms with Crippen LogP contribution < -0.4 is 16.0 Å². The van der Waals surface area contributed by atoms with Crippen LogP contribution in [0, 0.1) is 12.3 Å². The van der Waals surface area contributed by atoms with Crippen molar-refractivity contribution in [3.8, 4) is 18.1 Å². The van der Waals surface area contributed by atoms with E-state index in [2.05, 4.69) is 10.9 Å². The van der Waals surface area contributed by atoms with Gasteiger partial charge in [-0.25, -0.2) is 13.2 Å². The third kappa shape index (κ3) is 7.54. The van der Waals surface area contributed by atoms with Crippen LogP contribution in [0.2, 0.25) is 0 Å². The Morgan fingerprint density at radius 3 is 2.70 bits per heavy atom. The van der Waals surface area contributed by atoms with E-state index in [-0.39, 0.29) is 36.9 Å². The third-order valence-electron chi connectivity index (χ3n) is 4.35. The fraction of sp³-hybridized carbons (Fsp3) is 0.429. The van der Waals surface area contributed by atoms with Gasteiger partial charge in [-0.3, -0.25) is 14.3 Å². The molecular weight excluding hydrogens is 408 g/mol. The topological polar surface area (TPSA) is 107 Å². The van der Waals surface area contributed by atoms with Crippen molar-refractivity contribution in [1.29, 1.82) is 0 Å². The average molecular weight is 435 g/mol. The van der Waals surface area contributed by atoms with Gasteiger partial charge in [0.25, 0.3) is 5.56 Å². The maximum atomic E-state index is 12.4. The monoisotopic (exact) mass is 434 g/mol. The molecule has 0 saturated carbocycles. The van der Waals surface area contributed by atoms with Crippen molar-refractivity contribution < 1.29 is 17.9 Å². The molecule has 1 N–H and O–H groups in total. The van der Waals surface area contributed by atoms with Crippen LogP contribution in [0.5, 0.6) is 5.75 Å². The van der Waals surface area contributed by atoms with Crippen LogP contribution in [0.1, 0.15) is 31.7 Å². The molecule has 0 aliphatic carbocycles. The fourth-order valence-corrected chi connectivity index (χ4v) is 4.46. The molecule has 30 heavy (non-hydrogen) atoms. The largest absolute Gasteiger partial charge is 0.478 e. The number of H-pyrrole nitrogens is 1. The summed E-state index contributed by atoms with van der Waals surface area (Å²) in [5.74, 6) is 2.86. The van der Waals surface area contributed by atoms with Crippen LogP contribution in [0.3, 0.4) is 0 Å². The van der Waals surface area contributed by atoms with Gasteiger partial charge in [0, 0.05) is 18.9 Å². The van der Waals surface area contributed by atoms with Crippen LogP contribution in [-0.4, -0.2) is 42.2 Å². The number of aromatic nitrogens is 2. The maximum Gasteiger partial charge on any atom is 0.330 e. The molecule has 1 aromatic carbocycles. The van der Waals surface area contributed by atoms with Crippen molar-refractivity contribution in [2.24, 2.45) is 0 Å². The molecule has 8 nitrogen and oxygen atoms in total. The molecule has 2 aromatic rings. The van der Waals surface area contributed by atoms with Gasteiger partial charge in [-0.15, -0.1) is 6.42 Å². The van der Waals surface area contributed by atoms with Crippen LogP contribution in [-0.2, 0) is 21.3 Å². The zero-order valence-electron chi connectivity index (χ0n) is 17.0. The summed E-state index contributed by atoms with van der Waals surface area (Å²) in [6.07, 6.45) is 6.57. The predicted molar refractivity (Wildman–Crippen MR) is 114 cm³/mol. The van der Waals surface area contributed by atoms with Crippen molar-refractivity contribution in [2.45, 2.75) is 39.0 Å². The van der Waals surface area contributed by atoms with Crippen molar-refractivity contribution >= 4 is 9.84 Å². The van der Waals surface area contributed by atoms with Gasteiger partial charge in [-0.1, -0.05) is 25.0 Å². The number of hydrogen-bond acceptors (Lipinski definition) is 6. The van der Waals surface area contributed by atoms with E-state index in [1.165, 1.54) is 16.8 Å². The van der Waals surface area contributed by atoms with E-state index in [1.807, 2.05) is 19.1 Å². The van der Waals surface area contributed by atoms with E-state index in [0.717, 1.165) is 5.56 Å². The van der Waals surface area contributed by atoms with Crippen LogP contribution >= 0.6 is 0 Å². The summed E-state index contributed by atoms with van der Waals surface area (Å²) < 4.78 is 37.0. The highest BCUT2D eigenvalue weighted by molar-refractivity contribution is 7.91. The van der Waals surface area contributed by atoms with E-state index >= 15 is 0 Å². The Morgan fingerprint density at radius 1 is 1.23 bits per heavy atom. The third-order valence-corrected chi connectivity index (χ3v) is 6.27. The van der Waals surface area contributed by atoms with Gasteiger partial charge < -0.3 is 9.47 Å². The molecule has 0 saturated heterocycles. The number of benzene rings is 1. The lowest BCUT2D eigenvalue weighted by atomic mass is 10.0. The van der Waals surface area contributed by atoms with E-state index in [1.54, 1.807) is 19.1 Å². The maximum absolute atomic E-state index is 12.4. The number of terminal acetylenes is 1. The average Bonchev–Trinajstić information content (AvgIpc) is 2.69. The van der Waals surface area contributed by atoms with Crippen molar-refractivity contribution in [3.05, 3.63) is 62.9 Å². The second-order valence-electron chi connectivity index (χ2n) is 6.99. The Bertz CT molecular complexity index is 1100. The highest BCUT2D eigenvalue weighted by atomic mass is 32.2. The molecule has 0 radical (unpaired) electrons. The van der Waals surface area contributed by atoms with Crippen molar-refractivity contribution in [1.82, 2.24) is 9.55 Å². The Labute approximate surface area is 175 Å². The van der Waals surface area contributed by atoms with Crippen LogP contribution in [0.25, 0.3) is 0 Å². The summed E-state index contributed by atoms with van der Waals surface area (Å²) in [7, 11) is -3.30. The lowest BCUT2D eigenvalue weighted by Crippen LogP contribution is -2.29. The SMILES string of the molecule is C#C[C@@H](C)Oc1cccc([C@@H](C)CS(=O)(=O)CCCOCn2ccc(=O)[nH]c2=O)c1. The highest BCUT2D eigenvalue weighted by Gasteiger charge is 2.18. The number of ether oxygens (including phenoxy) is 2. The van der Waals surface area contributed by atoms with Gasteiger partial charge in [0.2, 0.25) is 0 Å². The fourth-order valence-electron chi connectivity index (χ4n) is 2.78. The predicted octanol–water partition coefficient (Wildman–Crippen LogP) is 1.52. The second-order valence-corrected chi connectivity index (χ2v) is 9.21. The quantitative estimate of drug-likeness (QED) is 0.424. The van der Waals surface area contributed by atoms with Gasteiger partial charge in [0.15, 0.2) is 15.9 Å². The summed E-state index contributed by atoms with van der Waals surface area (Å²) >= 11 is 0. The van der Waals surface area contributed by atoms with E-state index in [0.29, 0.717) is 12.2 Å². The Morgan fingerprint density at radius 2 is 2.00 bits per heavy atom. The van der Waals surface area contributed by atoms with E-state index < -0.39 is 21.1 Å². The molecule has 0 amide bonds. The molecular formula is C21H26N2O6S. The van der Waals surface area contributed by atoms with Gasteiger partial charge in [0.1, 0.15) is 12.5 Å². The molecule has 2 atom stereocenters. The summed E-state index contributed by atoms with van der Waals surface area (Å²) in [4.78, 5) is 24.7. The first-order valence-electron chi connectivity index (χ1n) is 9.51. The number of nitrogens with one attached hydrogen (secondary N) is 1. The highest BCUT2D eigenvalue weighted by Crippen LogP contribution is 2.23. The first kappa shape index (κ1) is 23.4. The second kappa shape index (κ2) is 10.8. The zero-order valence-corrected chi connectivity index (χ0v) is 17.9. The first-order chi connectivity index (χ1) is 14.2. The zero-order chi connectivity index (χ0) is 22.1. The number of sulfone groups is 1. The summed E-state index contributed by atoms with van der Waals surface area (Å²) in [5.41, 5.74) is -0.208. The molecule has 0 aliphatic heterocycles. The van der Waals surface area contributed by atoms with Crippen LogP contribution in [0.15, 0.2) is 46.1 Å². The van der Waals surface area contributed by atoms with E-state index in [4.69, 9.17) is 15.9 Å². The molecule has 1 heterocycles. The number of rotatable bonds is 11. The molecule has 162 valence electrons. The summed E-state index contributed by atoms with van der Waals surface area (Å²) in [6, 6.07) is 8.47. The molecule has 0 aliphatic rings. The van der Waals surface area contributed by atoms with Crippen molar-refractivity contribution in [3.63, 3.8) is 0 Å². The number of nitrogens with zero attached hydrogens (tertiary/aromatic N) is 1. The molecule has 9 heteroatoms. The van der Waals surface area contributed by atoms with Gasteiger partial charge in [-0.05, 0) is 37.0 Å². The minimum Gasteiger partial charge on any atom is -0.478 e. The molecule has 0 bridgehead atoms. The summed E-state index contributed by atoms with van der Waals surface area (Å²) in [6.45, 7) is 3.72. The van der Waals surface area contributed by atoms with Crippen LogP contribution in [0.4, 0.5) is 0 Å². The smallest absolute Gasteiger partial charge is 0.330 e. The lowest BCUT2D eigenvalue weighted by molar-refractivity contribution is 0.0745. The normalized spacial score (nSPS) is 13.4. The van der Waals surface area contributed by atoms with Crippen molar-refractivity contribution in [2.75, 3.05) is 18.1 Å². The number of hydrogen-bond donors (Lipinski definition) is 1. The lowest BCUT2D eigenvalue weighted by Gasteiger charge is -2.15. The molecule has 0 unspecified atom stereocenters. The van der Waals surface area contributed by atoms with Gasteiger partial charge in [-0.2, -0.15) is 0 Å². The van der Waals surface area contributed by atoms with Gasteiger partial charge >= 0.3 is 5.69 Å². The Hall–Kier alpha value is -2.83. The van der Waals surface area contributed by atoms with Gasteiger partial charge in [0.05, 0.1) is 11.5 Å². The summed E-state index contributed by atoms with van der Waals surface area (Å²) in [5, 5.41) is 0. The minimum atomic E-state index is -3.30. The standard InChI is InChI=1S/C21H26N2O6S/c1-4-17(3)29-19-8-5-7-18(13-19)16(2)14-30(26,27)12-6-11-28-15-23-10-9-20(24)22-21(23)25/h1,5,7-10,13,16-17H,6,11-12,14-15H2,2-3H3,(H,22,24,25)/t16-,17+/m0/s1. The molecule has 1 aromatic heterocycles. The molecule has 0 fully saturated rings. The number of aromatic amines is 1. The minimum absolute atomic E-state index is 0.000522. The Balaban J connectivity index is 1.82. The molecule has 0 spiro atoms.